The zero-order valence-corrected chi connectivity index (χ0v) is 37.7. The van der Waals surface area contributed by atoms with Crippen molar-refractivity contribution in [1.82, 2.24) is 16.0 Å². The number of carbonyl (C=O) groups excluding carboxylic acids is 4. The molecule has 63 heavy (non-hydrogen) atoms. The van der Waals surface area contributed by atoms with E-state index in [0.29, 0.717) is 6.42 Å². The fourth-order valence-corrected chi connectivity index (χ4v) is 7.05. The lowest BCUT2D eigenvalue weighted by Crippen LogP contribution is -2.61. The lowest BCUT2D eigenvalue weighted by molar-refractivity contribution is -0.175. The Morgan fingerprint density at radius 3 is 1.68 bits per heavy atom. The van der Waals surface area contributed by atoms with Crippen LogP contribution >= 0.6 is 0 Å². The summed E-state index contributed by atoms with van der Waals surface area (Å²) < 4.78 is 57.5. The van der Waals surface area contributed by atoms with Crippen molar-refractivity contribution in [2.75, 3.05) is 6.61 Å². The van der Waals surface area contributed by atoms with E-state index in [0.717, 1.165) is 50.2 Å². The van der Waals surface area contributed by atoms with Gasteiger partial charge in [0.2, 0.25) is 11.8 Å². The molecular weight excluding hydrogens is 824 g/mol. The van der Waals surface area contributed by atoms with Crippen LogP contribution in [-0.4, -0.2) is 89.1 Å². The Morgan fingerprint density at radius 1 is 0.683 bits per heavy atom. The van der Waals surface area contributed by atoms with Gasteiger partial charge in [0.1, 0.15) is 18.2 Å². The Balaban J connectivity index is 2.36. The molecule has 354 valence electrons. The van der Waals surface area contributed by atoms with Gasteiger partial charge in [0.25, 0.3) is 0 Å². The highest BCUT2D eigenvalue weighted by Gasteiger charge is 2.43. The number of carboxylic acids is 1. The number of alkyl halides is 3. The van der Waals surface area contributed by atoms with Crippen molar-refractivity contribution in [1.29, 1.82) is 0 Å². The fraction of sp³-hybridized carbons (Fsp3) is 0.638. The highest BCUT2D eigenvalue weighted by molar-refractivity contribution is 5.94. The predicted molar refractivity (Wildman–Crippen MR) is 232 cm³/mol. The molecule has 0 aromatic heterocycles. The maximum absolute atomic E-state index is 14.2. The van der Waals surface area contributed by atoms with Gasteiger partial charge in [-0.25, -0.2) is 4.79 Å². The standard InChI is InChI=1S/C47H70F3N3O10/c1-7-8-9-10-11-12-13-14-15-22-27-38(62-29-36-25-20-17-21-26-36)32(4)41(33(5)44(57)58)63-45(59)37(30-61-28-35-23-18-16-19-24-35)51-43(56)40(34(6)54)52-42(55)39(31(2)3)53-46(60)47(48,49)50/h16-21,23-26,31-34,37-41,54H,7-15,22,27-30H2,1-6H3,(H,51,56)(H,52,55)(H,53,60)(H,57,58)/t32?,33-,34+,37-,38?,39-,40-,41?/m0/s1. The second kappa shape index (κ2) is 29.0. The first-order chi connectivity index (χ1) is 29.9. The molecule has 16 heteroatoms. The number of hydrogen-bond acceptors (Lipinski definition) is 9. The normalized spacial score (nSPS) is 15.5. The third-order valence-corrected chi connectivity index (χ3v) is 10.9. The molecule has 13 nitrogen and oxygen atoms in total. The predicted octanol–water partition coefficient (Wildman–Crippen LogP) is 7.42. The lowest BCUT2D eigenvalue weighted by atomic mass is 9.86. The van der Waals surface area contributed by atoms with E-state index in [9.17, 15) is 47.4 Å². The van der Waals surface area contributed by atoms with Crippen LogP contribution in [-0.2, 0) is 51.4 Å². The summed E-state index contributed by atoms with van der Waals surface area (Å²) in [5.41, 5.74) is 1.63. The first kappa shape index (κ1) is 54.6. The molecular formula is C47H70F3N3O10. The number of aliphatic carboxylic acids is 1. The zero-order chi connectivity index (χ0) is 47.0. The summed E-state index contributed by atoms with van der Waals surface area (Å²) in [6, 6.07) is 13.2. The summed E-state index contributed by atoms with van der Waals surface area (Å²) in [5, 5.41) is 27.1. The third-order valence-electron chi connectivity index (χ3n) is 10.9. The lowest BCUT2D eigenvalue weighted by Gasteiger charge is -2.34. The Morgan fingerprint density at radius 2 is 1.19 bits per heavy atom. The molecule has 0 saturated carbocycles. The Labute approximate surface area is 370 Å². The number of aliphatic hydroxyl groups excluding tert-OH is 1. The maximum atomic E-state index is 14.2. The van der Waals surface area contributed by atoms with Gasteiger partial charge in [0.05, 0.1) is 37.9 Å². The van der Waals surface area contributed by atoms with Crippen LogP contribution in [0, 0.1) is 17.8 Å². The second-order valence-corrected chi connectivity index (χ2v) is 16.7. The molecule has 0 spiro atoms. The van der Waals surface area contributed by atoms with Gasteiger partial charge in [-0.2, -0.15) is 13.2 Å². The van der Waals surface area contributed by atoms with E-state index in [1.807, 2.05) is 30.3 Å². The molecule has 3 unspecified atom stereocenters. The first-order valence-electron chi connectivity index (χ1n) is 22.2. The van der Waals surface area contributed by atoms with Crippen LogP contribution in [0.15, 0.2) is 60.7 Å². The molecule has 0 aliphatic heterocycles. The highest BCUT2D eigenvalue weighted by atomic mass is 19.4. The van der Waals surface area contributed by atoms with E-state index < -0.39 is 96.6 Å². The number of rotatable bonds is 31. The first-order valence-corrected chi connectivity index (χ1v) is 22.2. The summed E-state index contributed by atoms with van der Waals surface area (Å²) in [6.07, 6.45) is 3.00. The second-order valence-electron chi connectivity index (χ2n) is 16.7. The van der Waals surface area contributed by atoms with Crippen molar-refractivity contribution in [3.8, 4) is 0 Å². The molecule has 0 aliphatic rings. The molecule has 3 amide bonds. The molecule has 0 bridgehead atoms. The molecule has 2 aromatic rings. The van der Waals surface area contributed by atoms with Gasteiger partial charge >= 0.3 is 24.0 Å². The van der Waals surface area contributed by atoms with Gasteiger partial charge in [-0.1, -0.05) is 153 Å². The number of halogens is 3. The number of esters is 1. The molecule has 0 fully saturated rings. The van der Waals surface area contributed by atoms with Crippen molar-refractivity contribution < 1.29 is 61.6 Å². The SMILES string of the molecule is CCCCCCCCCCCCC(OCc1ccccc1)C(C)C(OC(=O)[C@H](COCc1ccccc1)NC(=O)[C@@H](NC(=O)[C@@H](NC(=O)C(F)(F)F)C(C)C)[C@@H](C)O)[C@H](C)C(=O)O. The van der Waals surface area contributed by atoms with Gasteiger partial charge in [0, 0.05) is 5.92 Å². The maximum Gasteiger partial charge on any atom is 0.471 e. The van der Waals surface area contributed by atoms with Crippen LogP contribution < -0.4 is 16.0 Å². The number of hydrogen-bond donors (Lipinski definition) is 5. The van der Waals surface area contributed by atoms with E-state index in [1.54, 1.807) is 42.6 Å². The number of benzene rings is 2. The average molecular weight is 894 g/mol. The molecule has 0 heterocycles. The number of ether oxygens (including phenoxy) is 3. The van der Waals surface area contributed by atoms with Gasteiger partial charge < -0.3 is 40.4 Å². The molecule has 0 saturated heterocycles. The zero-order valence-electron chi connectivity index (χ0n) is 37.7. The summed E-state index contributed by atoms with van der Waals surface area (Å²) in [7, 11) is 0. The van der Waals surface area contributed by atoms with Crippen molar-refractivity contribution >= 4 is 29.7 Å². The van der Waals surface area contributed by atoms with E-state index in [1.165, 1.54) is 52.9 Å². The van der Waals surface area contributed by atoms with Crippen LogP contribution in [0.1, 0.15) is 123 Å². The van der Waals surface area contributed by atoms with Gasteiger partial charge in [-0.15, -0.1) is 0 Å². The minimum atomic E-state index is -5.30. The van der Waals surface area contributed by atoms with Gasteiger partial charge in [-0.05, 0) is 37.3 Å². The molecule has 8 atom stereocenters. The van der Waals surface area contributed by atoms with Crippen LogP contribution in [0.2, 0.25) is 0 Å². The molecule has 5 N–H and O–H groups in total. The summed E-state index contributed by atoms with van der Waals surface area (Å²) in [4.78, 5) is 65.4. The number of amides is 3. The van der Waals surface area contributed by atoms with Crippen LogP contribution in [0.25, 0.3) is 0 Å². The minimum Gasteiger partial charge on any atom is -0.481 e. The van der Waals surface area contributed by atoms with Crippen LogP contribution in [0.5, 0.6) is 0 Å². The Hall–Kier alpha value is -4.54. The Bertz CT molecular complexity index is 1650. The summed E-state index contributed by atoms with van der Waals surface area (Å²) in [5.74, 6) is -9.78. The number of aliphatic hydroxyl groups is 1. The topological polar surface area (TPSA) is 190 Å². The van der Waals surface area contributed by atoms with Crippen LogP contribution in [0.3, 0.4) is 0 Å². The monoisotopic (exact) mass is 894 g/mol. The quantitative estimate of drug-likeness (QED) is 0.0376. The molecule has 2 rings (SSSR count). The summed E-state index contributed by atoms with van der Waals surface area (Å²) in [6.45, 7) is 8.97. The van der Waals surface area contributed by atoms with Crippen LogP contribution in [0.4, 0.5) is 13.2 Å². The van der Waals surface area contributed by atoms with Crippen molar-refractivity contribution in [2.45, 2.75) is 168 Å². The van der Waals surface area contributed by atoms with Crippen molar-refractivity contribution in [2.24, 2.45) is 17.8 Å². The highest BCUT2D eigenvalue weighted by Crippen LogP contribution is 2.28. The van der Waals surface area contributed by atoms with Crippen molar-refractivity contribution in [3.63, 3.8) is 0 Å². The van der Waals surface area contributed by atoms with E-state index >= 15 is 0 Å². The Kier molecular flexibility index (Phi) is 25.1. The third kappa shape index (κ3) is 20.7. The van der Waals surface area contributed by atoms with Gasteiger partial charge in [0.15, 0.2) is 6.04 Å². The van der Waals surface area contributed by atoms with E-state index in [2.05, 4.69) is 17.6 Å². The fourth-order valence-electron chi connectivity index (χ4n) is 7.05. The minimum absolute atomic E-state index is 0.00829. The number of nitrogens with one attached hydrogen (secondary N) is 3. The number of carbonyl (C=O) groups is 5. The van der Waals surface area contributed by atoms with E-state index in [4.69, 9.17) is 14.2 Å². The summed E-state index contributed by atoms with van der Waals surface area (Å²) >= 11 is 0. The van der Waals surface area contributed by atoms with E-state index in [-0.39, 0.29) is 13.2 Å². The molecule has 0 radical (unpaired) electrons. The number of unbranched alkanes of at least 4 members (excludes halogenated alkanes) is 9. The largest absolute Gasteiger partial charge is 0.481 e. The molecule has 2 aromatic carbocycles. The van der Waals surface area contributed by atoms with Gasteiger partial charge in [-0.3, -0.25) is 19.2 Å². The van der Waals surface area contributed by atoms with Crippen molar-refractivity contribution in [3.05, 3.63) is 71.8 Å². The smallest absolute Gasteiger partial charge is 0.471 e. The molecule has 0 aliphatic carbocycles. The number of carboxylic acid groups (broad SMARTS) is 1. The average Bonchev–Trinajstić information content (AvgIpc) is 3.24.